The lowest BCUT2D eigenvalue weighted by Crippen LogP contribution is -2.60. The first-order chi connectivity index (χ1) is 12.3. The number of nitrogens with two attached hydrogens (primary N) is 1. The molecule has 9 heteroatoms. The largest absolute Gasteiger partial charge is 0.459 e. The minimum atomic E-state index is -4.04. The summed E-state index contributed by atoms with van der Waals surface area (Å²) in [6.45, 7) is 5.71. The van der Waals surface area contributed by atoms with E-state index in [1.165, 1.54) is 0 Å². The van der Waals surface area contributed by atoms with E-state index in [2.05, 4.69) is 5.32 Å². The maximum Gasteiger partial charge on any atom is 0.407 e. The Bertz CT molecular complexity index is 634. The SMILES string of the molecule is CC(NC(=O)OC(C)(C)C)C(O)C(F)(F)C(N)C(=O)OCc1ccccc1. The zero-order valence-electron chi connectivity index (χ0n) is 15.7. The second-order valence-corrected chi connectivity index (χ2v) is 7.13. The molecule has 1 aromatic rings. The highest BCUT2D eigenvalue weighted by Crippen LogP contribution is 2.26. The van der Waals surface area contributed by atoms with Crippen LogP contribution in [0.25, 0.3) is 0 Å². The summed E-state index contributed by atoms with van der Waals surface area (Å²) in [7, 11) is 0. The zero-order valence-corrected chi connectivity index (χ0v) is 15.7. The zero-order chi connectivity index (χ0) is 20.8. The number of ether oxygens (including phenoxy) is 2. The second-order valence-electron chi connectivity index (χ2n) is 7.13. The van der Waals surface area contributed by atoms with E-state index in [9.17, 15) is 23.5 Å². The van der Waals surface area contributed by atoms with Crippen LogP contribution >= 0.6 is 0 Å². The third-order valence-corrected chi connectivity index (χ3v) is 3.50. The lowest BCUT2D eigenvalue weighted by molar-refractivity contribution is -0.172. The quantitative estimate of drug-likeness (QED) is 0.616. The van der Waals surface area contributed by atoms with Crippen molar-refractivity contribution >= 4 is 12.1 Å². The summed E-state index contributed by atoms with van der Waals surface area (Å²) in [5.41, 5.74) is 5.06. The minimum absolute atomic E-state index is 0.231. The first-order valence-electron chi connectivity index (χ1n) is 8.36. The van der Waals surface area contributed by atoms with Gasteiger partial charge in [0.1, 0.15) is 18.3 Å². The number of nitrogens with one attached hydrogen (secondary N) is 1. The molecule has 0 aliphatic heterocycles. The van der Waals surface area contributed by atoms with Crippen LogP contribution in [0.2, 0.25) is 0 Å². The highest BCUT2D eigenvalue weighted by molar-refractivity contribution is 5.77. The molecule has 7 nitrogen and oxygen atoms in total. The maximum atomic E-state index is 14.4. The van der Waals surface area contributed by atoms with E-state index >= 15 is 0 Å². The van der Waals surface area contributed by atoms with Gasteiger partial charge in [0, 0.05) is 0 Å². The molecule has 27 heavy (non-hydrogen) atoms. The van der Waals surface area contributed by atoms with Crippen LogP contribution in [0.15, 0.2) is 30.3 Å². The summed E-state index contributed by atoms with van der Waals surface area (Å²) >= 11 is 0. The maximum absolute atomic E-state index is 14.4. The molecule has 152 valence electrons. The normalized spacial score (nSPS) is 15.4. The van der Waals surface area contributed by atoms with Crippen molar-refractivity contribution in [1.82, 2.24) is 5.32 Å². The van der Waals surface area contributed by atoms with Gasteiger partial charge in [-0.1, -0.05) is 30.3 Å². The van der Waals surface area contributed by atoms with Gasteiger partial charge in [0.25, 0.3) is 0 Å². The molecule has 0 saturated heterocycles. The highest BCUT2D eigenvalue weighted by atomic mass is 19.3. The molecule has 3 unspecified atom stereocenters. The summed E-state index contributed by atoms with van der Waals surface area (Å²) in [6, 6.07) is 4.62. The molecule has 0 aliphatic rings. The lowest BCUT2D eigenvalue weighted by Gasteiger charge is -2.31. The third-order valence-electron chi connectivity index (χ3n) is 3.50. The van der Waals surface area contributed by atoms with Crippen LogP contribution < -0.4 is 11.1 Å². The predicted octanol–water partition coefficient (Wildman–Crippen LogP) is 1.97. The molecule has 1 aromatic carbocycles. The van der Waals surface area contributed by atoms with Gasteiger partial charge < -0.3 is 25.6 Å². The molecule has 0 radical (unpaired) electrons. The summed E-state index contributed by atoms with van der Waals surface area (Å²) in [6.07, 6.45) is -3.41. The number of alkyl halides is 2. The Morgan fingerprint density at radius 3 is 2.30 bits per heavy atom. The lowest BCUT2D eigenvalue weighted by atomic mass is 9.99. The van der Waals surface area contributed by atoms with Crippen molar-refractivity contribution in [3.63, 3.8) is 0 Å². The van der Waals surface area contributed by atoms with Crippen LogP contribution in [-0.2, 0) is 20.9 Å². The standard InChI is InChI=1S/C18H26F2N2O5/c1-11(22-16(25)27-17(2,3)4)14(23)18(19,20)13(21)15(24)26-10-12-8-6-5-7-9-12/h5-9,11,13-14,23H,10,21H2,1-4H3,(H,22,25). The van der Waals surface area contributed by atoms with Gasteiger partial charge in [-0.2, -0.15) is 0 Å². The van der Waals surface area contributed by atoms with Gasteiger partial charge in [0.2, 0.25) is 0 Å². The Morgan fingerprint density at radius 2 is 1.78 bits per heavy atom. The summed E-state index contributed by atoms with van der Waals surface area (Å²) in [5.74, 6) is -5.41. The molecule has 1 rings (SSSR count). The Morgan fingerprint density at radius 1 is 1.22 bits per heavy atom. The fourth-order valence-electron chi connectivity index (χ4n) is 2.07. The summed E-state index contributed by atoms with van der Waals surface area (Å²) in [5, 5.41) is 12.0. The van der Waals surface area contributed by atoms with E-state index in [1.54, 1.807) is 51.1 Å². The van der Waals surface area contributed by atoms with Crippen LogP contribution in [0.3, 0.4) is 0 Å². The topological polar surface area (TPSA) is 111 Å². The number of alkyl carbamates (subject to hydrolysis) is 1. The molecule has 0 aliphatic carbocycles. The average Bonchev–Trinajstić information content (AvgIpc) is 2.57. The molecular formula is C18H26F2N2O5. The second kappa shape index (κ2) is 9.09. The number of hydrogen-bond donors (Lipinski definition) is 3. The van der Waals surface area contributed by atoms with Gasteiger partial charge >= 0.3 is 18.0 Å². The fourth-order valence-corrected chi connectivity index (χ4v) is 2.07. The molecule has 4 N–H and O–H groups in total. The molecule has 0 fully saturated rings. The number of rotatable bonds is 7. The van der Waals surface area contributed by atoms with Crippen molar-refractivity contribution in [1.29, 1.82) is 0 Å². The molecule has 0 aromatic heterocycles. The number of hydrogen-bond acceptors (Lipinski definition) is 6. The number of esters is 1. The Kier molecular flexibility index (Phi) is 7.67. The van der Waals surface area contributed by atoms with E-state index in [0.29, 0.717) is 5.56 Å². The van der Waals surface area contributed by atoms with Gasteiger partial charge in [-0.15, -0.1) is 0 Å². The molecule has 0 heterocycles. The Balaban J connectivity index is 2.66. The van der Waals surface area contributed by atoms with E-state index < -0.39 is 41.8 Å². The van der Waals surface area contributed by atoms with Crippen LogP contribution in [0.4, 0.5) is 13.6 Å². The van der Waals surface area contributed by atoms with Crippen molar-refractivity contribution in [3.8, 4) is 0 Å². The van der Waals surface area contributed by atoms with Gasteiger partial charge in [0.15, 0.2) is 6.04 Å². The highest BCUT2D eigenvalue weighted by Gasteiger charge is 2.51. The van der Waals surface area contributed by atoms with Crippen molar-refractivity contribution < 1.29 is 33.0 Å². The van der Waals surface area contributed by atoms with Crippen molar-refractivity contribution in [2.75, 3.05) is 0 Å². The van der Waals surface area contributed by atoms with Crippen LogP contribution in [0.1, 0.15) is 33.3 Å². The van der Waals surface area contributed by atoms with Gasteiger partial charge in [-0.3, -0.25) is 4.79 Å². The monoisotopic (exact) mass is 388 g/mol. The van der Waals surface area contributed by atoms with Gasteiger partial charge in [-0.05, 0) is 33.3 Å². The number of aliphatic hydroxyl groups excluding tert-OH is 1. The minimum Gasteiger partial charge on any atom is -0.459 e. The molecule has 0 spiro atoms. The molecule has 0 bridgehead atoms. The van der Waals surface area contributed by atoms with Crippen LogP contribution in [-0.4, -0.2) is 46.9 Å². The van der Waals surface area contributed by atoms with Crippen molar-refractivity contribution in [2.45, 2.75) is 64.0 Å². The number of halogens is 2. The number of aliphatic hydroxyl groups is 1. The summed E-state index contributed by atoms with van der Waals surface area (Å²) in [4.78, 5) is 23.5. The van der Waals surface area contributed by atoms with Crippen LogP contribution in [0, 0.1) is 0 Å². The van der Waals surface area contributed by atoms with Gasteiger partial charge in [-0.25, -0.2) is 13.6 Å². The fraction of sp³-hybridized carbons (Fsp3) is 0.556. The summed E-state index contributed by atoms with van der Waals surface area (Å²) < 4.78 is 38.4. The van der Waals surface area contributed by atoms with E-state index in [0.717, 1.165) is 6.92 Å². The van der Waals surface area contributed by atoms with Gasteiger partial charge in [0.05, 0.1) is 6.04 Å². The van der Waals surface area contributed by atoms with E-state index in [1.807, 2.05) is 0 Å². The number of carbonyl (C=O) groups excluding carboxylic acids is 2. The Labute approximate surface area is 156 Å². The molecule has 1 amide bonds. The first-order valence-corrected chi connectivity index (χ1v) is 8.36. The van der Waals surface area contributed by atoms with Crippen molar-refractivity contribution in [2.24, 2.45) is 5.73 Å². The molecular weight excluding hydrogens is 362 g/mol. The Hall–Kier alpha value is -2.26. The number of carbonyl (C=O) groups is 2. The number of benzene rings is 1. The van der Waals surface area contributed by atoms with E-state index in [-0.39, 0.29) is 6.61 Å². The van der Waals surface area contributed by atoms with Crippen LogP contribution in [0.5, 0.6) is 0 Å². The molecule has 0 saturated carbocycles. The average molecular weight is 388 g/mol. The smallest absolute Gasteiger partial charge is 0.407 e. The first kappa shape index (κ1) is 22.8. The predicted molar refractivity (Wildman–Crippen MR) is 94.0 cm³/mol. The molecule has 3 atom stereocenters. The third kappa shape index (κ3) is 7.10. The van der Waals surface area contributed by atoms with Crippen molar-refractivity contribution in [3.05, 3.63) is 35.9 Å². The number of amides is 1. The van der Waals surface area contributed by atoms with E-state index in [4.69, 9.17) is 15.2 Å².